The molecular weight excluding hydrogens is 253 g/mol. The summed E-state index contributed by atoms with van der Waals surface area (Å²) in [7, 11) is -3.06. The van der Waals surface area contributed by atoms with Crippen molar-refractivity contribution >= 4 is 28.4 Å². The van der Waals surface area contributed by atoms with E-state index < -0.39 is 7.19 Å². The van der Waals surface area contributed by atoms with Crippen LogP contribution in [0.4, 0.5) is 0 Å². The lowest BCUT2D eigenvalue weighted by Gasteiger charge is -2.16. The van der Waals surface area contributed by atoms with Gasteiger partial charge in [-0.2, -0.15) is 0 Å². The minimum absolute atomic E-state index is 0.361. The SMILES string of the molecule is CC(C)(C)NS(=O)(=O)I. The Morgan fingerprint density at radius 3 is 1.67 bits per heavy atom. The molecule has 0 bridgehead atoms. The van der Waals surface area contributed by atoms with E-state index >= 15 is 0 Å². The topological polar surface area (TPSA) is 46.2 Å². The van der Waals surface area contributed by atoms with Crippen molar-refractivity contribution < 1.29 is 8.42 Å². The van der Waals surface area contributed by atoms with Gasteiger partial charge in [-0.1, -0.05) is 0 Å². The molecule has 0 amide bonds. The van der Waals surface area contributed by atoms with Crippen molar-refractivity contribution in [2.75, 3.05) is 0 Å². The van der Waals surface area contributed by atoms with E-state index in [-0.39, 0.29) is 5.54 Å². The van der Waals surface area contributed by atoms with Gasteiger partial charge in [0.05, 0.1) is 21.2 Å². The lowest BCUT2D eigenvalue weighted by Crippen LogP contribution is -2.37. The average Bonchev–Trinajstić information content (AvgIpc) is 1.14. The van der Waals surface area contributed by atoms with Crippen LogP contribution in [0, 0.1) is 0 Å². The Bertz CT molecular complexity index is 179. The molecule has 5 heteroatoms. The predicted molar refractivity (Wildman–Crippen MR) is 45.8 cm³/mol. The zero-order chi connectivity index (χ0) is 7.71. The number of hydrogen-bond acceptors (Lipinski definition) is 2. The first-order chi connectivity index (χ1) is 3.71. The van der Waals surface area contributed by atoms with E-state index in [1.54, 1.807) is 20.8 Å². The molecular formula is C4H10INO2S. The Morgan fingerprint density at radius 2 is 1.67 bits per heavy atom. The smallest absolute Gasteiger partial charge is 0.202 e. The first kappa shape index (κ1) is 9.64. The van der Waals surface area contributed by atoms with Crippen LogP contribution in [0.25, 0.3) is 0 Å². The van der Waals surface area contributed by atoms with Gasteiger partial charge in [0.2, 0.25) is 0 Å². The van der Waals surface area contributed by atoms with Crippen LogP contribution >= 0.6 is 21.2 Å². The molecule has 9 heavy (non-hydrogen) atoms. The Hall–Kier alpha value is 0.640. The molecule has 0 aliphatic carbocycles. The van der Waals surface area contributed by atoms with Gasteiger partial charge in [0, 0.05) is 5.54 Å². The molecule has 0 saturated carbocycles. The summed E-state index contributed by atoms with van der Waals surface area (Å²) >= 11 is 1.36. The third kappa shape index (κ3) is 8.64. The van der Waals surface area contributed by atoms with Gasteiger partial charge in [-0.15, -0.1) is 0 Å². The van der Waals surface area contributed by atoms with Crippen LogP contribution in [0.3, 0.4) is 0 Å². The summed E-state index contributed by atoms with van der Waals surface area (Å²) < 4.78 is 23.5. The van der Waals surface area contributed by atoms with Crippen molar-refractivity contribution in [3.05, 3.63) is 0 Å². The van der Waals surface area contributed by atoms with E-state index in [1.165, 1.54) is 21.2 Å². The maximum Gasteiger partial charge on any atom is 0.265 e. The second kappa shape index (κ2) is 2.71. The number of rotatable bonds is 1. The lowest BCUT2D eigenvalue weighted by atomic mass is 10.1. The third-order valence-corrected chi connectivity index (χ3v) is 1.94. The molecule has 0 aromatic heterocycles. The van der Waals surface area contributed by atoms with Crippen LogP contribution in [0.1, 0.15) is 20.8 Å². The summed E-state index contributed by atoms with van der Waals surface area (Å²) in [6.07, 6.45) is 0. The molecule has 0 fully saturated rings. The van der Waals surface area contributed by atoms with E-state index in [4.69, 9.17) is 0 Å². The highest BCUT2D eigenvalue weighted by Gasteiger charge is 2.15. The summed E-state index contributed by atoms with van der Waals surface area (Å²) in [5.74, 6) is 0. The average molecular weight is 263 g/mol. The van der Waals surface area contributed by atoms with Crippen molar-refractivity contribution in [3.63, 3.8) is 0 Å². The van der Waals surface area contributed by atoms with E-state index in [9.17, 15) is 8.42 Å². The Labute approximate surface area is 67.9 Å². The maximum atomic E-state index is 10.5. The van der Waals surface area contributed by atoms with Crippen molar-refractivity contribution in [3.8, 4) is 0 Å². The monoisotopic (exact) mass is 263 g/mol. The highest BCUT2D eigenvalue weighted by Crippen LogP contribution is 2.05. The van der Waals surface area contributed by atoms with Crippen molar-refractivity contribution in [1.82, 2.24) is 4.72 Å². The van der Waals surface area contributed by atoms with Gasteiger partial charge in [-0.25, -0.2) is 13.1 Å². The Morgan fingerprint density at radius 1 is 1.33 bits per heavy atom. The molecule has 0 aromatic carbocycles. The minimum Gasteiger partial charge on any atom is -0.202 e. The van der Waals surface area contributed by atoms with Crippen LogP contribution in [0.15, 0.2) is 0 Å². The van der Waals surface area contributed by atoms with Gasteiger partial charge in [0.25, 0.3) is 7.19 Å². The third-order valence-electron chi connectivity index (χ3n) is 0.428. The molecule has 3 nitrogen and oxygen atoms in total. The summed E-state index contributed by atoms with van der Waals surface area (Å²) in [6.45, 7) is 5.38. The molecule has 0 aliphatic rings. The number of halogens is 1. The fraction of sp³-hybridized carbons (Fsp3) is 1.00. The van der Waals surface area contributed by atoms with E-state index in [0.29, 0.717) is 0 Å². The zero-order valence-electron chi connectivity index (χ0n) is 5.60. The fourth-order valence-electron chi connectivity index (χ4n) is 0.366. The van der Waals surface area contributed by atoms with Crippen LogP contribution in [0.5, 0.6) is 0 Å². The van der Waals surface area contributed by atoms with Gasteiger partial charge in [0.15, 0.2) is 0 Å². The standard InChI is InChI=1S/C4H10INO2S/c1-4(2,3)6-9(5,7)8/h6H,1-3H3. The van der Waals surface area contributed by atoms with Gasteiger partial charge < -0.3 is 0 Å². The van der Waals surface area contributed by atoms with Crippen LogP contribution in [-0.2, 0) is 7.19 Å². The van der Waals surface area contributed by atoms with E-state index in [0.717, 1.165) is 0 Å². The van der Waals surface area contributed by atoms with Crippen LogP contribution in [-0.4, -0.2) is 14.0 Å². The molecule has 0 rings (SSSR count). The molecule has 0 aromatic rings. The summed E-state index contributed by atoms with van der Waals surface area (Å²) in [5, 5.41) is 0. The van der Waals surface area contributed by atoms with Gasteiger partial charge in [-0.3, -0.25) is 0 Å². The first-order valence-corrected chi connectivity index (χ1v) is 6.47. The molecule has 56 valence electrons. The van der Waals surface area contributed by atoms with Gasteiger partial charge in [-0.05, 0) is 20.8 Å². The van der Waals surface area contributed by atoms with Crippen LogP contribution < -0.4 is 4.72 Å². The molecule has 0 saturated heterocycles. The molecule has 0 aliphatic heterocycles. The first-order valence-electron chi connectivity index (χ1n) is 2.44. The summed E-state index contributed by atoms with van der Waals surface area (Å²) in [5.41, 5.74) is -0.361. The molecule has 0 atom stereocenters. The lowest BCUT2D eigenvalue weighted by molar-refractivity contribution is 0.502. The number of nitrogens with one attached hydrogen (secondary N) is 1. The Balaban J connectivity index is 4.07. The fourth-order valence-corrected chi connectivity index (χ4v) is 3.08. The summed E-state index contributed by atoms with van der Waals surface area (Å²) in [4.78, 5) is 0. The predicted octanol–water partition coefficient (Wildman–Crippen LogP) is 1.05. The number of hydrogen-bond donors (Lipinski definition) is 1. The maximum absolute atomic E-state index is 10.5. The molecule has 0 radical (unpaired) electrons. The van der Waals surface area contributed by atoms with E-state index in [2.05, 4.69) is 4.72 Å². The van der Waals surface area contributed by atoms with Gasteiger partial charge >= 0.3 is 0 Å². The highest BCUT2D eigenvalue weighted by molar-refractivity contribution is 14.2. The van der Waals surface area contributed by atoms with Crippen molar-refractivity contribution in [1.29, 1.82) is 0 Å². The zero-order valence-corrected chi connectivity index (χ0v) is 8.58. The Kier molecular flexibility index (Phi) is 2.90. The molecule has 0 unspecified atom stereocenters. The largest absolute Gasteiger partial charge is 0.265 e. The second-order valence-corrected chi connectivity index (χ2v) is 7.35. The molecule has 1 N–H and O–H groups in total. The quantitative estimate of drug-likeness (QED) is 0.568. The minimum atomic E-state index is -3.06. The summed E-state index contributed by atoms with van der Waals surface area (Å²) in [6, 6.07) is 0. The van der Waals surface area contributed by atoms with Gasteiger partial charge in [0.1, 0.15) is 0 Å². The van der Waals surface area contributed by atoms with E-state index in [1.807, 2.05) is 0 Å². The normalized spacial score (nSPS) is 13.8. The van der Waals surface area contributed by atoms with Crippen LogP contribution in [0.2, 0.25) is 0 Å². The van der Waals surface area contributed by atoms with Crippen molar-refractivity contribution in [2.45, 2.75) is 26.3 Å². The molecule has 0 heterocycles. The second-order valence-electron chi connectivity index (χ2n) is 2.79. The highest BCUT2D eigenvalue weighted by atomic mass is 127. The molecule has 0 spiro atoms. The van der Waals surface area contributed by atoms with Crippen molar-refractivity contribution in [2.24, 2.45) is 0 Å².